The van der Waals surface area contributed by atoms with Crippen LogP contribution in [-0.4, -0.2) is 39.0 Å². The van der Waals surface area contributed by atoms with Crippen molar-refractivity contribution in [3.63, 3.8) is 0 Å². The van der Waals surface area contributed by atoms with Gasteiger partial charge in [0.25, 0.3) is 0 Å². The number of nitrogens with zero attached hydrogens (tertiary/aromatic N) is 4. The van der Waals surface area contributed by atoms with Crippen molar-refractivity contribution in [1.29, 1.82) is 0 Å². The quantitative estimate of drug-likeness (QED) is 0.445. The number of aryl methyl sites for hydroxylation is 1. The van der Waals surface area contributed by atoms with Gasteiger partial charge in [0.05, 0.1) is 12.1 Å². The molecule has 6 heteroatoms. The summed E-state index contributed by atoms with van der Waals surface area (Å²) in [6.07, 6.45) is 7.23. The zero-order valence-electron chi connectivity index (χ0n) is 18.4. The van der Waals surface area contributed by atoms with Crippen LogP contribution in [0.3, 0.4) is 0 Å². The van der Waals surface area contributed by atoms with E-state index in [4.69, 9.17) is 4.74 Å². The number of carbonyl (C=O) groups excluding carboxylic acids is 1. The lowest BCUT2D eigenvalue weighted by Crippen LogP contribution is -2.28. The molecule has 0 N–H and O–H groups in total. The van der Waals surface area contributed by atoms with Gasteiger partial charge in [-0.3, -0.25) is 9.97 Å². The number of hydrogen-bond acceptors (Lipinski definition) is 5. The summed E-state index contributed by atoms with van der Waals surface area (Å²) in [5.41, 5.74) is 6.58. The van der Waals surface area contributed by atoms with Gasteiger partial charge in [-0.2, -0.15) is 0 Å². The van der Waals surface area contributed by atoms with E-state index in [1.807, 2.05) is 12.1 Å². The molecule has 1 aliphatic heterocycles. The van der Waals surface area contributed by atoms with E-state index in [-0.39, 0.29) is 5.97 Å². The largest absolute Gasteiger partial charge is 0.452 e. The lowest BCUT2D eigenvalue weighted by atomic mass is 10.0. The number of ether oxygens (including phenoxy) is 1. The summed E-state index contributed by atoms with van der Waals surface area (Å²) in [5.74, 6) is -0.352. The average molecular weight is 427 g/mol. The maximum absolute atomic E-state index is 12.9. The normalized spacial score (nSPS) is 14.8. The second kappa shape index (κ2) is 8.55. The second-order valence-corrected chi connectivity index (χ2v) is 8.45. The van der Waals surface area contributed by atoms with Crippen LogP contribution in [-0.2, 0) is 24.2 Å². The zero-order chi connectivity index (χ0) is 22.1. The Kier molecular flexibility index (Phi) is 5.45. The Morgan fingerprint density at radius 2 is 1.78 bits per heavy atom. The van der Waals surface area contributed by atoms with E-state index < -0.39 is 6.10 Å². The van der Waals surface area contributed by atoms with E-state index in [0.29, 0.717) is 12.1 Å². The minimum Gasteiger partial charge on any atom is -0.452 e. The highest BCUT2D eigenvalue weighted by molar-refractivity contribution is 5.89. The first-order chi connectivity index (χ1) is 15.6. The monoisotopic (exact) mass is 426 g/mol. The number of rotatable bonds is 5. The summed E-state index contributed by atoms with van der Waals surface area (Å²) in [7, 11) is 2.16. The lowest BCUT2D eigenvalue weighted by Gasteiger charge is -2.26. The van der Waals surface area contributed by atoms with Crippen molar-refractivity contribution in [2.75, 3.05) is 13.6 Å². The van der Waals surface area contributed by atoms with Gasteiger partial charge in [-0.15, -0.1) is 0 Å². The molecule has 1 unspecified atom stereocenters. The smallest absolute Gasteiger partial charge is 0.338 e. The molecule has 0 fully saturated rings. The third kappa shape index (κ3) is 3.89. The van der Waals surface area contributed by atoms with Gasteiger partial charge in [0.15, 0.2) is 0 Å². The van der Waals surface area contributed by atoms with Crippen molar-refractivity contribution in [3.8, 4) is 0 Å². The van der Waals surface area contributed by atoms with Crippen LogP contribution in [0.4, 0.5) is 0 Å². The Balaban J connectivity index is 1.56. The van der Waals surface area contributed by atoms with Crippen LogP contribution >= 0.6 is 0 Å². The number of aromatic nitrogens is 3. The van der Waals surface area contributed by atoms with Gasteiger partial charge in [0, 0.05) is 60.9 Å². The number of fused-ring (bicyclic) bond motifs is 3. The zero-order valence-corrected chi connectivity index (χ0v) is 18.4. The van der Waals surface area contributed by atoms with Crippen LogP contribution < -0.4 is 0 Å². The fourth-order valence-corrected chi connectivity index (χ4v) is 4.55. The first kappa shape index (κ1) is 20.4. The third-order valence-electron chi connectivity index (χ3n) is 6.19. The van der Waals surface area contributed by atoms with E-state index >= 15 is 0 Å². The fraction of sp³-hybridized carbons (Fsp3) is 0.269. The number of carbonyl (C=O) groups is 1. The Labute approximate surface area is 187 Å². The van der Waals surface area contributed by atoms with Crippen LogP contribution in [0.15, 0.2) is 67.3 Å². The minimum absolute atomic E-state index is 0.352. The van der Waals surface area contributed by atoms with Crippen molar-refractivity contribution in [3.05, 3.63) is 95.2 Å². The Bertz CT molecular complexity index is 1250. The molecule has 4 heterocycles. The maximum Gasteiger partial charge on any atom is 0.338 e. The van der Waals surface area contributed by atoms with Crippen molar-refractivity contribution in [2.24, 2.45) is 0 Å². The molecule has 5 rings (SSSR count). The predicted molar refractivity (Wildman–Crippen MR) is 123 cm³/mol. The fourth-order valence-electron chi connectivity index (χ4n) is 4.55. The van der Waals surface area contributed by atoms with Crippen molar-refractivity contribution < 1.29 is 9.53 Å². The highest BCUT2D eigenvalue weighted by atomic mass is 16.5. The van der Waals surface area contributed by atoms with Crippen LogP contribution in [0.1, 0.15) is 38.8 Å². The van der Waals surface area contributed by atoms with Crippen LogP contribution in [0, 0.1) is 6.92 Å². The molecule has 0 aliphatic carbocycles. The summed E-state index contributed by atoms with van der Waals surface area (Å²) in [5, 5.41) is 1.29. The molecule has 1 atom stereocenters. The molecule has 0 radical (unpaired) electrons. The van der Waals surface area contributed by atoms with Crippen molar-refractivity contribution in [2.45, 2.75) is 32.5 Å². The Hall–Kier alpha value is -3.51. The molecule has 1 aliphatic rings. The summed E-state index contributed by atoms with van der Waals surface area (Å²) in [4.78, 5) is 23.4. The molecule has 1 aromatic carbocycles. The Morgan fingerprint density at radius 1 is 1.06 bits per heavy atom. The predicted octanol–water partition coefficient (Wildman–Crippen LogP) is 4.33. The van der Waals surface area contributed by atoms with Gasteiger partial charge in [-0.1, -0.05) is 11.6 Å². The number of esters is 1. The highest BCUT2D eigenvalue weighted by Gasteiger charge is 2.26. The number of benzene rings is 1. The average Bonchev–Trinajstić information content (AvgIpc) is 3.11. The number of likely N-dealkylation sites (N-methyl/N-ethyl adjacent to an activating group) is 1. The van der Waals surface area contributed by atoms with Crippen LogP contribution in [0.5, 0.6) is 0 Å². The van der Waals surface area contributed by atoms with Gasteiger partial charge in [-0.25, -0.2) is 4.79 Å². The van der Waals surface area contributed by atoms with Crippen molar-refractivity contribution in [1.82, 2.24) is 19.4 Å². The van der Waals surface area contributed by atoms with Gasteiger partial charge >= 0.3 is 5.97 Å². The number of hydrogen-bond donors (Lipinski definition) is 0. The standard InChI is InChI=1S/C26H26N4O2/c1-18-3-4-23-21(15-18)22-16-29(2)14-9-24(22)30(23)17-25(19-5-10-27-11-6-19)32-26(31)20-7-12-28-13-8-20/h3-8,10-13,15,25H,9,14,16-17H2,1-2H3. The SMILES string of the molecule is Cc1ccc2c(c1)c1c(n2CC(OC(=O)c2ccncc2)c2ccncc2)CCN(C)C1. The molecule has 0 amide bonds. The van der Waals surface area contributed by atoms with E-state index in [1.54, 1.807) is 36.9 Å². The summed E-state index contributed by atoms with van der Waals surface area (Å²) < 4.78 is 8.40. The molecule has 3 aromatic heterocycles. The maximum atomic E-state index is 12.9. The van der Waals surface area contributed by atoms with Gasteiger partial charge < -0.3 is 14.2 Å². The molecular formula is C26H26N4O2. The molecule has 0 saturated heterocycles. The summed E-state index contributed by atoms with van der Waals surface area (Å²) in [6, 6.07) is 13.8. The Morgan fingerprint density at radius 3 is 2.53 bits per heavy atom. The molecule has 0 saturated carbocycles. The van der Waals surface area contributed by atoms with E-state index in [0.717, 1.165) is 25.1 Å². The van der Waals surface area contributed by atoms with Gasteiger partial charge in [-0.05, 0) is 61.5 Å². The molecule has 0 bridgehead atoms. The van der Waals surface area contributed by atoms with Gasteiger partial charge in [0.1, 0.15) is 6.10 Å². The molecule has 6 nitrogen and oxygen atoms in total. The summed E-state index contributed by atoms with van der Waals surface area (Å²) in [6.45, 7) is 4.63. The first-order valence-electron chi connectivity index (χ1n) is 10.9. The first-order valence-corrected chi connectivity index (χ1v) is 10.9. The minimum atomic E-state index is -0.431. The lowest BCUT2D eigenvalue weighted by molar-refractivity contribution is 0.0255. The third-order valence-corrected chi connectivity index (χ3v) is 6.19. The van der Waals surface area contributed by atoms with E-state index in [1.165, 1.54) is 27.7 Å². The van der Waals surface area contributed by atoms with Gasteiger partial charge in [0.2, 0.25) is 0 Å². The topological polar surface area (TPSA) is 60.3 Å². The molecule has 162 valence electrons. The van der Waals surface area contributed by atoms with Crippen LogP contribution in [0.2, 0.25) is 0 Å². The summed E-state index contributed by atoms with van der Waals surface area (Å²) >= 11 is 0. The second-order valence-electron chi connectivity index (χ2n) is 8.45. The molecule has 0 spiro atoms. The van der Waals surface area contributed by atoms with Crippen LogP contribution in [0.25, 0.3) is 10.9 Å². The van der Waals surface area contributed by atoms with Crippen molar-refractivity contribution >= 4 is 16.9 Å². The molecule has 4 aromatic rings. The molecule has 32 heavy (non-hydrogen) atoms. The van der Waals surface area contributed by atoms with E-state index in [9.17, 15) is 4.79 Å². The number of pyridine rings is 2. The highest BCUT2D eigenvalue weighted by Crippen LogP contribution is 2.33. The van der Waals surface area contributed by atoms with E-state index in [2.05, 4.69) is 51.6 Å². The molecular weight excluding hydrogens is 400 g/mol.